The fraction of sp³-hybridized carbons (Fsp3) is 0.292. The van der Waals surface area contributed by atoms with Crippen LogP contribution in [0.15, 0.2) is 219 Å². The van der Waals surface area contributed by atoms with Gasteiger partial charge in [0.15, 0.2) is 0 Å². The fourth-order valence-corrected chi connectivity index (χ4v) is 7.98. The number of anilines is 3. The van der Waals surface area contributed by atoms with Crippen molar-refractivity contribution in [3.8, 4) is 5.75 Å². The van der Waals surface area contributed by atoms with E-state index in [1.807, 2.05) is 109 Å². The number of hydrogen-bond acceptors (Lipinski definition) is 14. The normalized spacial score (nSPS) is 11.7. The first-order valence-electron chi connectivity index (χ1n) is 27.4. The summed E-state index contributed by atoms with van der Waals surface area (Å²) in [4.78, 5) is 4.69. The minimum Gasteiger partial charge on any atom is -0.489 e. The van der Waals surface area contributed by atoms with E-state index < -0.39 is 0 Å². The van der Waals surface area contributed by atoms with Crippen LogP contribution < -0.4 is 64.5 Å². The summed E-state index contributed by atoms with van der Waals surface area (Å²) in [7, 11) is 2.07. The van der Waals surface area contributed by atoms with Crippen molar-refractivity contribution < 1.29 is 4.74 Å². The van der Waals surface area contributed by atoms with E-state index in [-0.39, 0.29) is 0 Å². The Morgan fingerprint density at radius 2 is 0.949 bits per heavy atom. The molecule has 6 aromatic carbocycles. The first-order valence-corrected chi connectivity index (χ1v) is 27.4. The highest BCUT2D eigenvalue weighted by Gasteiger charge is 2.09. The fourth-order valence-electron chi connectivity index (χ4n) is 7.98. The molecule has 14 N–H and O–H groups in total. The molecule has 420 valence electrons. The average molecular weight is 1070 g/mol. The number of nitrogen functional groups attached to an aromatic ring is 3. The molecule has 14 heteroatoms. The Hall–Kier alpha value is -8.30. The molecule has 0 radical (unpaired) electrons. The van der Waals surface area contributed by atoms with E-state index in [9.17, 15) is 0 Å². The Labute approximate surface area is 472 Å². The highest BCUT2D eigenvalue weighted by Crippen LogP contribution is 2.14. The maximum absolute atomic E-state index is 5.78. The van der Waals surface area contributed by atoms with Gasteiger partial charge in [-0.25, -0.2) is 0 Å². The molecule has 0 aromatic heterocycles. The van der Waals surface area contributed by atoms with Crippen molar-refractivity contribution in [3.05, 3.63) is 253 Å². The molecule has 0 saturated carbocycles. The third-order valence-electron chi connectivity index (χ3n) is 13.0. The number of nitrogens with zero attached hydrogens (tertiary/aromatic N) is 2. The maximum Gasteiger partial charge on any atom is 0.119 e. The van der Waals surface area contributed by atoms with E-state index in [4.69, 9.17) is 21.9 Å². The molecule has 1 saturated heterocycles. The largest absolute Gasteiger partial charge is 0.489 e. The van der Waals surface area contributed by atoms with Crippen molar-refractivity contribution >= 4 is 17.1 Å². The zero-order valence-electron chi connectivity index (χ0n) is 46.8. The van der Waals surface area contributed by atoms with Crippen molar-refractivity contribution in [3.63, 3.8) is 0 Å². The Kier molecular flexibility index (Phi) is 28.0. The number of likely N-dealkylation sites (N-methyl/N-ethyl adjacent to an activating group) is 1. The van der Waals surface area contributed by atoms with E-state index in [1.54, 1.807) is 0 Å². The number of nitrogens with one attached hydrogen (secondary N) is 8. The lowest BCUT2D eigenvalue weighted by molar-refractivity contribution is 0.231. The molecule has 7 rings (SSSR count). The molecule has 0 aliphatic carbocycles. The predicted molar refractivity (Wildman–Crippen MR) is 333 cm³/mol. The van der Waals surface area contributed by atoms with E-state index in [0.717, 1.165) is 108 Å². The zero-order chi connectivity index (χ0) is 56.3. The molecule has 1 aliphatic rings. The van der Waals surface area contributed by atoms with Crippen LogP contribution in [0.25, 0.3) is 0 Å². The van der Waals surface area contributed by atoms with Gasteiger partial charge < -0.3 is 69.0 Å². The third kappa shape index (κ3) is 27.0. The lowest BCUT2D eigenvalue weighted by atomic mass is 10.1. The van der Waals surface area contributed by atoms with Gasteiger partial charge in [-0.15, -0.1) is 0 Å². The van der Waals surface area contributed by atoms with E-state index in [0.29, 0.717) is 39.5 Å². The molecule has 0 bridgehead atoms. The standard InChI is InChI=1S/C25H30N4O.C21H28N4.C19H31N5/c1-20(15-27-19-28-16-21-11-13-24(26)14-12-21)29-17-22-7-9-23(10-8-22)18-30-25-5-3-2-4-6-25;1-17(25(3)14-13-19-7-5-4-6-8-19)15-23-18(2)24-16-20-9-11-21(22)12-10-20;1-16(21-10-13-24-11-4-3-5-12-24)14-22-17(2)23-15-18-6-8-19(20)9-7-18/h2-14,27-29H,1,15-19,26H2;4-12,23-24H,1-2,13-16,22H2,3H3;6-9,21-23H,1-5,10-15,20H2. The third-order valence-corrected chi connectivity index (χ3v) is 13.0. The van der Waals surface area contributed by atoms with Crippen LogP contribution in [0.2, 0.25) is 0 Å². The first-order chi connectivity index (χ1) is 38.4. The molecule has 79 heavy (non-hydrogen) atoms. The van der Waals surface area contributed by atoms with Gasteiger partial charge in [-0.05, 0) is 114 Å². The van der Waals surface area contributed by atoms with Gasteiger partial charge in [0, 0.05) is 100 Å². The van der Waals surface area contributed by atoms with Gasteiger partial charge in [-0.1, -0.05) is 149 Å². The van der Waals surface area contributed by atoms with Gasteiger partial charge in [-0.3, -0.25) is 5.32 Å². The second-order valence-corrected chi connectivity index (χ2v) is 19.7. The topological polar surface area (TPSA) is 190 Å². The lowest BCUT2D eigenvalue weighted by Gasteiger charge is -2.26. The molecule has 6 aromatic rings. The Bertz CT molecular complexity index is 2670. The SMILES string of the molecule is C=C(CNC(=C)NCc1ccc(N)cc1)NCCN1CCCCC1.C=C(CNCNCc1ccc(N)cc1)NCc1ccc(COc2ccccc2)cc1.C=C(NCC(=C)N(C)CCc1ccccc1)NCc1ccc(N)cc1. The van der Waals surface area contributed by atoms with E-state index in [1.165, 1.54) is 54.6 Å². The zero-order valence-corrected chi connectivity index (χ0v) is 46.8. The van der Waals surface area contributed by atoms with Crippen LogP contribution in [-0.4, -0.2) is 75.9 Å². The number of piperidine rings is 1. The van der Waals surface area contributed by atoms with Crippen LogP contribution in [0, 0.1) is 0 Å². The van der Waals surface area contributed by atoms with Crippen molar-refractivity contribution in [2.45, 2.75) is 58.5 Å². The van der Waals surface area contributed by atoms with Crippen LogP contribution >= 0.6 is 0 Å². The van der Waals surface area contributed by atoms with Crippen molar-refractivity contribution in [1.29, 1.82) is 0 Å². The van der Waals surface area contributed by atoms with Crippen LogP contribution in [0.4, 0.5) is 17.1 Å². The molecule has 0 atom stereocenters. The van der Waals surface area contributed by atoms with Gasteiger partial charge in [-0.2, -0.15) is 0 Å². The molecule has 0 spiro atoms. The van der Waals surface area contributed by atoms with Crippen LogP contribution in [0.5, 0.6) is 5.75 Å². The molecule has 14 nitrogen and oxygen atoms in total. The predicted octanol–water partition coefficient (Wildman–Crippen LogP) is 8.90. The van der Waals surface area contributed by atoms with Gasteiger partial charge in [0.25, 0.3) is 0 Å². The number of nitrogens with two attached hydrogens (primary N) is 3. The summed E-state index contributed by atoms with van der Waals surface area (Å²) in [5, 5.41) is 26.5. The summed E-state index contributed by atoms with van der Waals surface area (Å²) in [6.45, 7) is 32.0. The van der Waals surface area contributed by atoms with Gasteiger partial charge in [0.2, 0.25) is 0 Å². The molecule has 0 amide bonds. The number of likely N-dealkylation sites (tertiary alicyclic amines) is 1. The smallest absolute Gasteiger partial charge is 0.119 e. The number of hydrogen-bond donors (Lipinski definition) is 11. The molecule has 1 heterocycles. The van der Waals surface area contributed by atoms with Gasteiger partial charge in [0.05, 0.1) is 24.7 Å². The van der Waals surface area contributed by atoms with Crippen LogP contribution in [0.3, 0.4) is 0 Å². The summed E-state index contributed by atoms with van der Waals surface area (Å²) >= 11 is 0. The highest BCUT2D eigenvalue weighted by molar-refractivity contribution is 5.41. The van der Waals surface area contributed by atoms with Gasteiger partial charge >= 0.3 is 0 Å². The summed E-state index contributed by atoms with van der Waals surface area (Å²) in [6, 6.07) is 52.3. The Balaban J connectivity index is 0.000000220. The summed E-state index contributed by atoms with van der Waals surface area (Å²) in [6.07, 6.45) is 5.06. The second-order valence-electron chi connectivity index (χ2n) is 19.7. The first kappa shape index (κ1) is 61.6. The van der Waals surface area contributed by atoms with E-state index >= 15 is 0 Å². The summed E-state index contributed by atoms with van der Waals surface area (Å²) in [5.74, 6) is 2.47. The lowest BCUT2D eigenvalue weighted by Crippen LogP contribution is -2.37. The molecule has 1 aliphatic heterocycles. The molecule has 0 unspecified atom stereocenters. The minimum absolute atomic E-state index is 0.567. The quantitative estimate of drug-likeness (QED) is 0.0109. The van der Waals surface area contributed by atoms with E-state index in [2.05, 4.69) is 141 Å². The summed E-state index contributed by atoms with van der Waals surface area (Å²) in [5.41, 5.74) is 29.6. The highest BCUT2D eigenvalue weighted by atomic mass is 16.5. The molecular weight excluding hydrogens is 979 g/mol. The molecular formula is C65H89N13O. The van der Waals surface area contributed by atoms with Crippen molar-refractivity contribution in [2.24, 2.45) is 0 Å². The Morgan fingerprint density at radius 3 is 1.51 bits per heavy atom. The number of ether oxygens (including phenoxy) is 1. The van der Waals surface area contributed by atoms with Crippen LogP contribution in [-0.2, 0) is 39.2 Å². The molecule has 1 fully saturated rings. The number of benzene rings is 6. The summed E-state index contributed by atoms with van der Waals surface area (Å²) < 4.78 is 5.78. The Morgan fingerprint density at radius 1 is 0.481 bits per heavy atom. The van der Waals surface area contributed by atoms with Crippen molar-refractivity contribution in [2.75, 3.05) is 83.3 Å². The maximum atomic E-state index is 5.78. The average Bonchev–Trinajstić information content (AvgIpc) is 3.48. The number of rotatable bonds is 32. The second kappa shape index (κ2) is 35.9. The number of para-hydroxylation sites is 1. The monoisotopic (exact) mass is 1070 g/mol. The van der Waals surface area contributed by atoms with Gasteiger partial charge in [0.1, 0.15) is 12.4 Å². The van der Waals surface area contributed by atoms with Crippen molar-refractivity contribution in [1.82, 2.24) is 52.3 Å². The minimum atomic E-state index is 0.567. The van der Waals surface area contributed by atoms with Crippen LogP contribution in [0.1, 0.15) is 52.6 Å².